The molecule has 0 amide bonds. The average molecular weight is 245 g/mol. The fraction of sp³-hybridized carbons (Fsp3) is 0.308. The molecule has 1 aromatic carbocycles. The van der Waals surface area contributed by atoms with Crippen LogP contribution in [0, 0.1) is 20.8 Å². The molecule has 0 saturated carbocycles. The second kappa shape index (κ2) is 4.60. The average Bonchev–Trinajstić information content (AvgIpc) is 2.64. The summed E-state index contributed by atoms with van der Waals surface area (Å²) < 4.78 is 1.61. The van der Waals surface area contributed by atoms with Crippen LogP contribution >= 0.6 is 0 Å². The Bertz CT molecular complexity index is 602. The summed E-state index contributed by atoms with van der Waals surface area (Å²) in [5.74, 6) is -1.04. The Kier molecular flexibility index (Phi) is 3.14. The number of aryl methyl sites for hydroxylation is 2. The number of aromatic nitrogens is 3. The SMILES string of the molecule is Cc1ccc(Cn2nnc(C(=O)O)c2C)c(C)c1. The summed E-state index contributed by atoms with van der Waals surface area (Å²) in [5, 5.41) is 16.5. The van der Waals surface area contributed by atoms with Crippen LogP contribution in [0.4, 0.5) is 0 Å². The minimum Gasteiger partial charge on any atom is -0.476 e. The van der Waals surface area contributed by atoms with E-state index < -0.39 is 5.97 Å². The van der Waals surface area contributed by atoms with Gasteiger partial charge in [-0.1, -0.05) is 29.0 Å². The predicted molar refractivity (Wildman–Crippen MR) is 66.7 cm³/mol. The Morgan fingerprint density at radius 3 is 2.61 bits per heavy atom. The summed E-state index contributed by atoms with van der Waals surface area (Å²) in [6.07, 6.45) is 0. The first-order valence-corrected chi connectivity index (χ1v) is 5.68. The number of carbonyl (C=O) groups is 1. The van der Waals surface area contributed by atoms with E-state index in [1.165, 1.54) is 11.1 Å². The highest BCUT2D eigenvalue weighted by atomic mass is 16.4. The molecular weight excluding hydrogens is 230 g/mol. The van der Waals surface area contributed by atoms with Gasteiger partial charge in [-0.2, -0.15) is 0 Å². The van der Waals surface area contributed by atoms with Gasteiger partial charge in [-0.25, -0.2) is 9.48 Å². The van der Waals surface area contributed by atoms with Crippen LogP contribution < -0.4 is 0 Å². The molecule has 0 aliphatic rings. The van der Waals surface area contributed by atoms with Crippen LogP contribution in [0.1, 0.15) is 32.9 Å². The second-order valence-electron chi connectivity index (χ2n) is 4.42. The van der Waals surface area contributed by atoms with Crippen molar-refractivity contribution in [2.24, 2.45) is 0 Å². The molecule has 0 fully saturated rings. The van der Waals surface area contributed by atoms with Crippen LogP contribution in [-0.4, -0.2) is 26.1 Å². The van der Waals surface area contributed by atoms with Crippen LogP contribution in [0.3, 0.4) is 0 Å². The van der Waals surface area contributed by atoms with Gasteiger partial charge < -0.3 is 5.11 Å². The minimum absolute atomic E-state index is 0.0137. The molecule has 0 aliphatic carbocycles. The Labute approximate surface area is 105 Å². The van der Waals surface area contributed by atoms with Gasteiger partial charge in [0.15, 0.2) is 5.69 Å². The van der Waals surface area contributed by atoms with Crippen LogP contribution in [0.2, 0.25) is 0 Å². The maximum Gasteiger partial charge on any atom is 0.358 e. The Morgan fingerprint density at radius 1 is 1.33 bits per heavy atom. The van der Waals surface area contributed by atoms with Crippen LogP contribution in [-0.2, 0) is 6.54 Å². The van der Waals surface area contributed by atoms with Gasteiger partial charge >= 0.3 is 5.97 Å². The molecule has 1 heterocycles. The first-order chi connectivity index (χ1) is 8.49. The molecule has 0 spiro atoms. The van der Waals surface area contributed by atoms with E-state index in [9.17, 15) is 4.79 Å². The largest absolute Gasteiger partial charge is 0.476 e. The van der Waals surface area contributed by atoms with Crippen molar-refractivity contribution in [1.29, 1.82) is 0 Å². The minimum atomic E-state index is -1.04. The van der Waals surface area contributed by atoms with Gasteiger partial charge in [0.2, 0.25) is 0 Å². The van der Waals surface area contributed by atoms with Gasteiger partial charge in [0.05, 0.1) is 12.2 Å². The van der Waals surface area contributed by atoms with Crippen molar-refractivity contribution in [2.45, 2.75) is 27.3 Å². The molecule has 2 aromatic rings. The van der Waals surface area contributed by atoms with Gasteiger partial charge in [0, 0.05) is 0 Å². The number of hydrogen-bond acceptors (Lipinski definition) is 3. The number of aromatic carboxylic acids is 1. The third-order valence-corrected chi connectivity index (χ3v) is 3.00. The number of hydrogen-bond donors (Lipinski definition) is 1. The number of nitrogens with zero attached hydrogens (tertiary/aromatic N) is 3. The fourth-order valence-electron chi connectivity index (χ4n) is 1.89. The second-order valence-corrected chi connectivity index (χ2v) is 4.42. The Balaban J connectivity index is 2.32. The lowest BCUT2D eigenvalue weighted by Gasteiger charge is -2.08. The molecule has 1 N–H and O–H groups in total. The summed E-state index contributed by atoms with van der Waals surface area (Å²) in [6, 6.07) is 6.17. The maximum absolute atomic E-state index is 10.9. The lowest BCUT2D eigenvalue weighted by molar-refractivity contribution is 0.0689. The van der Waals surface area contributed by atoms with Gasteiger partial charge in [-0.3, -0.25) is 0 Å². The van der Waals surface area contributed by atoms with Crippen molar-refractivity contribution in [3.8, 4) is 0 Å². The van der Waals surface area contributed by atoms with E-state index in [0.717, 1.165) is 5.56 Å². The van der Waals surface area contributed by atoms with Gasteiger partial charge in [0.25, 0.3) is 0 Å². The summed E-state index contributed by atoms with van der Waals surface area (Å²) >= 11 is 0. The molecule has 5 nitrogen and oxygen atoms in total. The number of carboxylic acid groups (broad SMARTS) is 1. The predicted octanol–water partition coefficient (Wildman–Crippen LogP) is 1.95. The highest BCUT2D eigenvalue weighted by molar-refractivity contribution is 5.86. The lowest BCUT2D eigenvalue weighted by Crippen LogP contribution is -2.07. The molecule has 0 radical (unpaired) electrons. The van der Waals surface area contributed by atoms with E-state index in [-0.39, 0.29) is 5.69 Å². The first-order valence-electron chi connectivity index (χ1n) is 5.68. The van der Waals surface area contributed by atoms with Crippen molar-refractivity contribution in [3.05, 3.63) is 46.3 Å². The van der Waals surface area contributed by atoms with Crippen LogP contribution in [0.15, 0.2) is 18.2 Å². The van der Waals surface area contributed by atoms with E-state index in [0.29, 0.717) is 12.2 Å². The third kappa shape index (κ3) is 2.25. The normalized spacial score (nSPS) is 10.6. The van der Waals surface area contributed by atoms with Crippen molar-refractivity contribution in [3.63, 3.8) is 0 Å². The molecule has 18 heavy (non-hydrogen) atoms. The molecule has 1 aromatic heterocycles. The number of carboxylic acids is 1. The topological polar surface area (TPSA) is 68.0 Å². The zero-order valence-corrected chi connectivity index (χ0v) is 10.6. The quantitative estimate of drug-likeness (QED) is 0.897. The summed E-state index contributed by atoms with van der Waals surface area (Å²) in [4.78, 5) is 10.9. The van der Waals surface area contributed by atoms with Crippen molar-refractivity contribution < 1.29 is 9.90 Å². The van der Waals surface area contributed by atoms with Crippen molar-refractivity contribution in [1.82, 2.24) is 15.0 Å². The zero-order valence-electron chi connectivity index (χ0n) is 10.6. The molecule has 0 saturated heterocycles. The van der Waals surface area contributed by atoms with Gasteiger partial charge in [0.1, 0.15) is 0 Å². The summed E-state index contributed by atoms with van der Waals surface area (Å²) in [5.41, 5.74) is 4.08. The molecule has 5 heteroatoms. The van der Waals surface area contributed by atoms with E-state index in [2.05, 4.69) is 16.4 Å². The van der Waals surface area contributed by atoms with E-state index >= 15 is 0 Å². The molecule has 0 bridgehead atoms. The monoisotopic (exact) mass is 245 g/mol. The molecule has 2 rings (SSSR count). The highest BCUT2D eigenvalue weighted by Gasteiger charge is 2.15. The Hall–Kier alpha value is -2.17. The zero-order chi connectivity index (χ0) is 13.3. The highest BCUT2D eigenvalue weighted by Crippen LogP contribution is 2.13. The van der Waals surface area contributed by atoms with Crippen LogP contribution in [0.25, 0.3) is 0 Å². The molecule has 0 unspecified atom stereocenters. The lowest BCUT2D eigenvalue weighted by atomic mass is 10.1. The van der Waals surface area contributed by atoms with E-state index in [4.69, 9.17) is 5.11 Å². The first kappa shape index (κ1) is 12.3. The molecule has 0 aliphatic heterocycles. The number of benzene rings is 1. The van der Waals surface area contributed by atoms with E-state index in [1.54, 1.807) is 11.6 Å². The van der Waals surface area contributed by atoms with Crippen LogP contribution in [0.5, 0.6) is 0 Å². The summed E-state index contributed by atoms with van der Waals surface area (Å²) in [7, 11) is 0. The molecule has 0 atom stereocenters. The van der Waals surface area contributed by atoms with Gasteiger partial charge in [-0.05, 0) is 31.9 Å². The third-order valence-electron chi connectivity index (χ3n) is 3.00. The number of rotatable bonds is 3. The Morgan fingerprint density at radius 2 is 2.06 bits per heavy atom. The fourth-order valence-corrected chi connectivity index (χ4v) is 1.89. The molecular formula is C13H15N3O2. The maximum atomic E-state index is 10.9. The van der Waals surface area contributed by atoms with Gasteiger partial charge in [-0.15, -0.1) is 5.10 Å². The standard InChI is InChI=1S/C13H15N3O2/c1-8-4-5-11(9(2)6-8)7-16-10(3)12(13(17)18)14-15-16/h4-6H,7H2,1-3H3,(H,17,18). The van der Waals surface area contributed by atoms with E-state index in [1.807, 2.05) is 26.0 Å². The molecule has 94 valence electrons. The van der Waals surface area contributed by atoms with Crippen molar-refractivity contribution >= 4 is 5.97 Å². The van der Waals surface area contributed by atoms with Crippen molar-refractivity contribution in [2.75, 3.05) is 0 Å². The smallest absolute Gasteiger partial charge is 0.358 e. The summed E-state index contributed by atoms with van der Waals surface area (Å²) in [6.45, 7) is 6.33.